The van der Waals surface area contributed by atoms with Gasteiger partial charge in [0.25, 0.3) is 0 Å². The van der Waals surface area contributed by atoms with Crippen LogP contribution >= 0.6 is 58.0 Å². The molecule has 88 valence electrons. The van der Waals surface area contributed by atoms with E-state index in [2.05, 4.69) is 4.99 Å². The fraction of sp³-hybridized carbons (Fsp3) is 0.833. The summed E-state index contributed by atoms with van der Waals surface area (Å²) >= 11 is 27.7. The number of rotatable bonds is 1. The molecule has 9 heteroatoms. The molecule has 15 heavy (non-hydrogen) atoms. The van der Waals surface area contributed by atoms with Crippen molar-refractivity contribution in [3.63, 3.8) is 0 Å². The molecular weight excluding hydrogens is 327 g/mol. The van der Waals surface area contributed by atoms with Gasteiger partial charge in [-0.3, -0.25) is 4.99 Å². The topological polar surface area (TPSA) is 46.5 Å². The monoisotopic (exact) mass is 331 g/mol. The molecule has 0 aliphatic carbocycles. The van der Waals surface area contributed by atoms with Crippen molar-refractivity contribution in [3.05, 3.63) is 0 Å². The maximum absolute atomic E-state index is 11.2. The largest absolute Gasteiger partial charge is 0.267 e. The molecule has 0 aromatic rings. The normalized spacial score (nSPS) is 31.9. The molecule has 3 nitrogen and oxygen atoms in total. The summed E-state index contributed by atoms with van der Waals surface area (Å²) in [6, 6.07) is -0.653. The van der Waals surface area contributed by atoms with Gasteiger partial charge in [0, 0.05) is 0 Å². The SMILES string of the molecule is O=S1(=O)C[C@@H](Cl)[C@H](N=C(Cl)C(Cl)(Cl)Cl)C1. The van der Waals surface area contributed by atoms with E-state index in [0.29, 0.717) is 0 Å². The zero-order chi connectivity index (χ0) is 11.9. The molecule has 1 heterocycles. The Kier molecular flexibility index (Phi) is 4.47. The van der Waals surface area contributed by atoms with Gasteiger partial charge >= 0.3 is 0 Å². The summed E-state index contributed by atoms with van der Waals surface area (Å²) in [6.45, 7) is 0. The maximum Gasteiger partial charge on any atom is 0.242 e. The first-order valence-electron chi connectivity index (χ1n) is 3.77. The number of aliphatic imine (C=N–C) groups is 1. The number of alkyl halides is 4. The van der Waals surface area contributed by atoms with E-state index < -0.39 is 25.0 Å². The third kappa shape index (κ3) is 4.10. The Morgan fingerprint density at radius 2 is 1.80 bits per heavy atom. The highest BCUT2D eigenvalue weighted by Gasteiger charge is 2.38. The van der Waals surface area contributed by atoms with Crippen LogP contribution in [0, 0.1) is 0 Å². The Bertz CT molecular complexity index is 373. The van der Waals surface area contributed by atoms with Gasteiger partial charge in [-0.1, -0.05) is 46.4 Å². The van der Waals surface area contributed by atoms with Crippen molar-refractivity contribution in [2.45, 2.75) is 15.2 Å². The molecule has 0 amide bonds. The van der Waals surface area contributed by atoms with E-state index in [1.165, 1.54) is 0 Å². The fourth-order valence-electron chi connectivity index (χ4n) is 1.12. The van der Waals surface area contributed by atoms with Crippen LogP contribution in [0.3, 0.4) is 0 Å². The molecule has 0 spiro atoms. The molecule has 0 bridgehead atoms. The van der Waals surface area contributed by atoms with E-state index >= 15 is 0 Å². The van der Waals surface area contributed by atoms with Crippen LogP contribution in [0.25, 0.3) is 0 Å². The first-order chi connectivity index (χ1) is 6.62. The molecule has 1 fully saturated rings. The minimum Gasteiger partial charge on any atom is -0.267 e. The van der Waals surface area contributed by atoms with Crippen LogP contribution in [0.2, 0.25) is 0 Å². The zero-order valence-corrected chi connectivity index (χ0v) is 11.7. The summed E-state index contributed by atoms with van der Waals surface area (Å²) < 4.78 is 20.5. The third-order valence-corrected chi connectivity index (χ3v) is 5.32. The summed E-state index contributed by atoms with van der Waals surface area (Å²) in [6.07, 6.45) is 0. The van der Waals surface area contributed by atoms with Crippen molar-refractivity contribution in [2.75, 3.05) is 11.5 Å². The summed E-state index contributed by atoms with van der Waals surface area (Å²) in [5, 5.41) is -0.906. The van der Waals surface area contributed by atoms with Gasteiger partial charge in [0.15, 0.2) is 15.0 Å². The second kappa shape index (κ2) is 4.75. The average molecular weight is 333 g/mol. The Morgan fingerprint density at radius 3 is 2.13 bits per heavy atom. The molecule has 0 aromatic heterocycles. The first-order valence-corrected chi connectivity index (χ1v) is 7.54. The minimum absolute atomic E-state index is 0.132. The highest BCUT2D eigenvalue weighted by molar-refractivity contribution is 7.91. The predicted octanol–water partition coefficient (Wildman–Crippen LogP) is 2.40. The lowest BCUT2D eigenvalue weighted by atomic mass is 10.3. The Morgan fingerprint density at radius 1 is 1.27 bits per heavy atom. The lowest BCUT2D eigenvalue weighted by Gasteiger charge is -2.12. The van der Waals surface area contributed by atoms with Gasteiger partial charge in [-0.2, -0.15) is 0 Å². The van der Waals surface area contributed by atoms with E-state index in [9.17, 15) is 8.42 Å². The number of halogens is 5. The highest BCUT2D eigenvalue weighted by atomic mass is 35.6. The van der Waals surface area contributed by atoms with E-state index in [1.54, 1.807) is 0 Å². The summed E-state index contributed by atoms with van der Waals surface area (Å²) in [4.78, 5) is 3.80. The van der Waals surface area contributed by atoms with E-state index in [1.807, 2.05) is 0 Å². The summed E-state index contributed by atoms with van der Waals surface area (Å²) in [7, 11) is -3.16. The number of sulfone groups is 1. The maximum atomic E-state index is 11.2. The fourth-order valence-corrected chi connectivity index (χ4v) is 3.89. The van der Waals surface area contributed by atoms with Crippen LogP contribution in [0.1, 0.15) is 0 Å². The standard InChI is InChI=1S/C6H6Cl5NO2S/c7-3-1-15(13,14)2-4(3)12-5(8)6(9,10)11/h3-4H,1-2H2/t3-,4-/m1/s1. The summed E-state index contributed by atoms with van der Waals surface area (Å²) in [5.74, 6) is -0.301. The van der Waals surface area contributed by atoms with Gasteiger partial charge in [0.1, 0.15) is 0 Å². The highest BCUT2D eigenvalue weighted by Crippen LogP contribution is 2.31. The second-order valence-electron chi connectivity index (χ2n) is 3.08. The van der Waals surface area contributed by atoms with Crippen molar-refractivity contribution < 1.29 is 8.42 Å². The van der Waals surface area contributed by atoms with Gasteiger partial charge in [0.2, 0.25) is 3.79 Å². The van der Waals surface area contributed by atoms with Crippen LogP contribution in [0.5, 0.6) is 0 Å². The molecule has 1 aliphatic heterocycles. The van der Waals surface area contributed by atoms with E-state index in [4.69, 9.17) is 58.0 Å². The number of hydrogen-bond donors (Lipinski definition) is 0. The Balaban J connectivity index is 2.85. The smallest absolute Gasteiger partial charge is 0.242 e. The first kappa shape index (κ1) is 14.1. The molecular formula is C6H6Cl5NO2S. The van der Waals surface area contributed by atoms with Gasteiger partial charge in [-0.15, -0.1) is 11.6 Å². The van der Waals surface area contributed by atoms with Crippen LogP contribution < -0.4 is 0 Å². The van der Waals surface area contributed by atoms with Gasteiger partial charge in [-0.25, -0.2) is 8.42 Å². The van der Waals surface area contributed by atoms with Crippen molar-refractivity contribution in [2.24, 2.45) is 4.99 Å². The second-order valence-corrected chi connectivity index (χ2v) is 8.43. The lowest BCUT2D eigenvalue weighted by Crippen LogP contribution is -2.22. The molecule has 1 saturated heterocycles. The molecule has 1 aliphatic rings. The predicted molar refractivity (Wildman–Crippen MR) is 65.7 cm³/mol. The molecule has 0 radical (unpaired) electrons. The Hall–Kier alpha value is 1.07. The molecule has 1 rings (SSSR count). The van der Waals surface area contributed by atoms with Crippen LogP contribution in [0.4, 0.5) is 0 Å². The van der Waals surface area contributed by atoms with Crippen LogP contribution in [-0.4, -0.2) is 40.3 Å². The van der Waals surface area contributed by atoms with Crippen LogP contribution in [-0.2, 0) is 9.84 Å². The molecule has 0 aromatic carbocycles. The quantitative estimate of drug-likeness (QED) is 0.546. The minimum atomic E-state index is -3.16. The van der Waals surface area contributed by atoms with Gasteiger partial charge in [0.05, 0.1) is 22.9 Å². The van der Waals surface area contributed by atoms with Gasteiger partial charge < -0.3 is 0 Å². The lowest BCUT2D eigenvalue weighted by molar-refractivity contribution is 0.601. The van der Waals surface area contributed by atoms with Crippen molar-refractivity contribution in [3.8, 4) is 0 Å². The average Bonchev–Trinajstić information content (AvgIpc) is 2.22. The van der Waals surface area contributed by atoms with Crippen LogP contribution in [0.15, 0.2) is 4.99 Å². The molecule has 0 N–H and O–H groups in total. The van der Waals surface area contributed by atoms with Crippen molar-refractivity contribution in [1.82, 2.24) is 0 Å². The third-order valence-electron chi connectivity index (χ3n) is 1.77. The van der Waals surface area contributed by atoms with Crippen molar-refractivity contribution in [1.29, 1.82) is 0 Å². The number of hydrogen-bond acceptors (Lipinski definition) is 3. The zero-order valence-electron chi connectivity index (χ0n) is 7.13. The summed E-state index contributed by atoms with van der Waals surface area (Å²) in [5.41, 5.74) is 0. The Labute approximate surface area is 113 Å². The van der Waals surface area contributed by atoms with Crippen molar-refractivity contribution >= 4 is 73.0 Å². The molecule has 2 atom stereocenters. The molecule has 0 saturated carbocycles. The van der Waals surface area contributed by atoms with Gasteiger partial charge in [-0.05, 0) is 0 Å². The molecule has 0 unspecified atom stereocenters. The van der Waals surface area contributed by atoms with E-state index in [-0.39, 0.29) is 16.7 Å². The van der Waals surface area contributed by atoms with E-state index in [0.717, 1.165) is 0 Å². The number of nitrogens with zero attached hydrogens (tertiary/aromatic N) is 1.